The van der Waals surface area contributed by atoms with Crippen LogP contribution in [0.15, 0.2) is 124 Å². The van der Waals surface area contributed by atoms with Gasteiger partial charge in [0.1, 0.15) is 39.4 Å². The third-order valence-electron chi connectivity index (χ3n) is 6.71. The number of rotatable bonds is 10. The second-order valence-electron chi connectivity index (χ2n) is 9.52. The standard InChI is InChI=1S/C34H26O9S2/c1-4-23-21-29(15-19-32(23)41-3)43-33-20-18-31(22-34(33)45(37,38)39)44(35,36)30-16-13-28(14-17-30)42-27-11-7-25(8-12-27)24-5-9-26(40-2)10-6-24/h1,5-22H,2-3H3,(H,37,38,39). The fraction of sp³-hybridized carbons (Fsp3) is 0.0588. The molecule has 0 fully saturated rings. The average Bonchev–Trinajstić information content (AvgIpc) is 3.05. The summed E-state index contributed by atoms with van der Waals surface area (Å²) in [4.78, 5) is -1.22. The van der Waals surface area contributed by atoms with E-state index in [1.165, 1.54) is 55.6 Å². The minimum atomic E-state index is -4.89. The van der Waals surface area contributed by atoms with E-state index < -0.39 is 24.9 Å². The van der Waals surface area contributed by atoms with Crippen molar-refractivity contribution in [2.75, 3.05) is 14.2 Å². The van der Waals surface area contributed by atoms with Gasteiger partial charge in [0.15, 0.2) is 0 Å². The van der Waals surface area contributed by atoms with Crippen molar-refractivity contribution in [3.05, 3.63) is 115 Å². The Morgan fingerprint density at radius 3 is 1.62 bits per heavy atom. The van der Waals surface area contributed by atoms with Gasteiger partial charge in [-0.25, -0.2) is 8.42 Å². The Balaban J connectivity index is 1.35. The first-order chi connectivity index (χ1) is 21.5. The van der Waals surface area contributed by atoms with Crippen LogP contribution < -0.4 is 18.9 Å². The van der Waals surface area contributed by atoms with Crippen molar-refractivity contribution in [3.63, 3.8) is 0 Å². The quantitative estimate of drug-likeness (QED) is 0.126. The molecule has 11 heteroatoms. The molecule has 228 valence electrons. The molecule has 1 N–H and O–H groups in total. The minimum Gasteiger partial charge on any atom is -0.497 e. The number of benzene rings is 5. The van der Waals surface area contributed by atoms with Crippen LogP contribution in [0.2, 0.25) is 0 Å². The fourth-order valence-electron chi connectivity index (χ4n) is 4.39. The molecule has 0 radical (unpaired) electrons. The van der Waals surface area contributed by atoms with Gasteiger partial charge >= 0.3 is 0 Å². The number of sulfone groups is 1. The molecule has 0 unspecified atom stereocenters. The first-order valence-corrected chi connectivity index (χ1v) is 16.2. The van der Waals surface area contributed by atoms with Crippen LogP contribution in [0.3, 0.4) is 0 Å². The Bertz CT molecular complexity index is 2100. The Labute approximate surface area is 261 Å². The summed E-state index contributed by atoms with van der Waals surface area (Å²) in [5.74, 6) is 4.38. The molecular weight excluding hydrogens is 616 g/mol. The number of terminal acetylenes is 1. The molecule has 0 aromatic heterocycles. The average molecular weight is 643 g/mol. The Kier molecular flexibility index (Phi) is 8.83. The molecule has 45 heavy (non-hydrogen) atoms. The van der Waals surface area contributed by atoms with Crippen LogP contribution >= 0.6 is 0 Å². The van der Waals surface area contributed by atoms with Crippen molar-refractivity contribution >= 4 is 20.0 Å². The van der Waals surface area contributed by atoms with E-state index in [2.05, 4.69) is 5.92 Å². The van der Waals surface area contributed by atoms with E-state index in [9.17, 15) is 21.4 Å². The first kappa shape index (κ1) is 31.2. The topological polar surface area (TPSA) is 125 Å². The summed E-state index contributed by atoms with van der Waals surface area (Å²) < 4.78 is 83.1. The molecule has 0 spiro atoms. The lowest BCUT2D eigenvalue weighted by atomic mass is 10.1. The zero-order valence-electron chi connectivity index (χ0n) is 24.0. The van der Waals surface area contributed by atoms with Crippen molar-refractivity contribution in [1.82, 2.24) is 0 Å². The van der Waals surface area contributed by atoms with Crippen LogP contribution in [0, 0.1) is 12.3 Å². The van der Waals surface area contributed by atoms with Crippen LogP contribution in [-0.4, -0.2) is 35.6 Å². The predicted octanol–water partition coefficient (Wildman–Crippen LogP) is 7.02. The normalized spacial score (nSPS) is 11.3. The van der Waals surface area contributed by atoms with Crippen molar-refractivity contribution in [3.8, 4) is 58.0 Å². The summed E-state index contributed by atoms with van der Waals surface area (Å²) in [6, 6.07) is 28.3. The summed E-state index contributed by atoms with van der Waals surface area (Å²) >= 11 is 0. The molecule has 0 heterocycles. The van der Waals surface area contributed by atoms with E-state index in [1.807, 2.05) is 36.4 Å². The molecule has 0 saturated carbocycles. The summed E-state index contributed by atoms with van der Waals surface area (Å²) in [6.45, 7) is 0. The molecule has 5 rings (SSSR count). The lowest BCUT2D eigenvalue weighted by Crippen LogP contribution is -2.06. The highest BCUT2D eigenvalue weighted by molar-refractivity contribution is 7.91. The molecule has 9 nitrogen and oxygen atoms in total. The van der Waals surface area contributed by atoms with Gasteiger partial charge in [-0.15, -0.1) is 6.42 Å². The fourth-order valence-corrected chi connectivity index (χ4v) is 6.39. The third kappa shape index (κ3) is 6.94. The summed E-state index contributed by atoms with van der Waals surface area (Å²) in [6.07, 6.45) is 5.49. The smallest absolute Gasteiger partial charge is 0.298 e. The zero-order chi connectivity index (χ0) is 32.2. The van der Waals surface area contributed by atoms with Gasteiger partial charge in [-0.2, -0.15) is 8.42 Å². The molecule has 0 aliphatic carbocycles. The van der Waals surface area contributed by atoms with Crippen LogP contribution in [0.1, 0.15) is 5.56 Å². The van der Waals surface area contributed by atoms with Crippen LogP contribution in [0.4, 0.5) is 0 Å². The van der Waals surface area contributed by atoms with E-state index in [-0.39, 0.29) is 21.3 Å². The SMILES string of the molecule is C#Cc1cc(Oc2ccc(S(=O)(=O)c3ccc(Oc4ccc(-c5ccc(OC)cc5)cc4)cc3)cc2S(=O)(=O)O)ccc1OC. The zero-order valence-corrected chi connectivity index (χ0v) is 25.6. The largest absolute Gasteiger partial charge is 0.497 e. The molecule has 0 amide bonds. The molecular formula is C34H26O9S2. The van der Waals surface area contributed by atoms with Crippen LogP contribution in [0.5, 0.6) is 34.5 Å². The second-order valence-corrected chi connectivity index (χ2v) is 12.9. The van der Waals surface area contributed by atoms with Crippen LogP contribution in [-0.2, 0) is 20.0 Å². The van der Waals surface area contributed by atoms with Crippen molar-refractivity contribution in [2.24, 2.45) is 0 Å². The minimum absolute atomic E-state index is 0.117. The molecule has 0 saturated heterocycles. The number of ether oxygens (including phenoxy) is 4. The molecule has 0 atom stereocenters. The van der Waals surface area contributed by atoms with E-state index >= 15 is 0 Å². The third-order valence-corrected chi connectivity index (χ3v) is 9.35. The van der Waals surface area contributed by atoms with E-state index in [0.717, 1.165) is 29.0 Å². The molecule has 0 bridgehead atoms. The Hall–Kier alpha value is -5.28. The van der Waals surface area contributed by atoms with Gasteiger partial charge in [-0.1, -0.05) is 30.2 Å². The van der Waals surface area contributed by atoms with Gasteiger partial charge < -0.3 is 18.9 Å². The molecule has 5 aromatic carbocycles. The Morgan fingerprint density at radius 2 is 1.09 bits per heavy atom. The van der Waals surface area contributed by atoms with E-state index in [1.54, 1.807) is 19.2 Å². The maximum Gasteiger partial charge on any atom is 0.298 e. The van der Waals surface area contributed by atoms with Crippen LogP contribution in [0.25, 0.3) is 11.1 Å². The highest BCUT2D eigenvalue weighted by Gasteiger charge is 2.25. The van der Waals surface area contributed by atoms with Crippen molar-refractivity contribution < 1.29 is 40.3 Å². The first-order valence-electron chi connectivity index (χ1n) is 13.2. The molecule has 0 aliphatic rings. The lowest BCUT2D eigenvalue weighted by molar-refractivity contribution is 0.410. The predicted molar refractivity (Wildman–Crippen MR) is 168 cm³/mol. The van der Waals surface area contributed by atoms with Crippen molar-refractivity contribution in [1.29, 1.82) is 0 Å². The van der Waals surface area contributed by atoms with Gasteiger partial charge in [0, 0.05) is 6.07 Å². The monoisotopic (exact) mass is 642 g/mol. The summed E-state index contributed by atoms with van der Waals surface area (Å²) in [7, 11) is -6.04. The highest BCUT2D eigenvalue weighted by Crippen LogP contribution is 2.35. The van der Waals surface area contributed by atoms with Gasteiger partial charge in [-0.3, -0.25) is 4.55 Å². The highest BCUT2D eigenvalue weighted by atomic mass is 32.2. The number of hydrogen-bond acceptors (Lipinski definition) is 8. The van der Waals surface area contributed by atoms with E-state index in [4.69, 9.17) is 25.4 Å². The lowest BCUT2D eigenvalue weighted by Gasteiger charge is -2.13. The molecule has 5 aromatic rings. The maximum absolute atomic E-state index is 13.4. The number of methoxy groups -OCH3 is 2. The second kappa shape index (κ2) is 12.8. The van der Waals surface area contributed by atoms with Gasteiger partial charge in [0.2, 0.25) is 9.84 Å². The van der Waals surface area contributed by atoms with Gasteiger partial charge in [0.25, 0.3) is 10.1 Å². The maximum atomic E-state index is 13.4. The van der Waals surface area contributed by atoms with Crippen molar-refractivity contribution in [2.45, 2.75) is 14.7 Å². The summed E-state index contributed by atoms with van der Waals surface area (Å²) in [5.41, 5.74) is 2.33. The molecule has 0 aliphatic heterocycles. The van der Waals surface area contributed by atoms with E-state index in [0.29, 0.717) is 22.8 Å². The number of hydrogen-bond donors (Lipinski definition) is 1. The van der Waals surface area contributed by atoms with Gasteiger partial charge in [-0.05, 0) is 90.0 Å². The van der Waals surface area contributed by atoms with Gasteiger partial charge in [0.05, 0.1) is 29.6 Å². The Morgan fingerprint density at radius 1 is 0.578 bits per heavy atom. The summed E-state index contributed by atoms with van der Waals surface area (Å²) in [5, 5.41) is 0.